The smallest absolute Gasteiger partial charge is 0.316 e. The number of benzene rings is 1. The normalized spacial score (nSPS) is 11.6. The summed E-state index contributed by atoms with van der Waals surface area (Å²) >= 11 is 0. The Morgan fingerprint density at radius 2 is 1.96 bits per heavy atom. The van der Waals surface area contributed by atoms with E-state index in [1.807, 2.05) is 0 Å². The molecule has 23 heavy (non-hydrogen) atoms. The van der Waals surface area contributed by atoms with Crippen molar-refractivity contribution in [1.82, 2.24) is 15.0 Å². The summed E-state index contributed by atoms with van der Waals surface area (Å²) in [5, 5.41) is 8.06. The summed E-state index contributed by atoms with van der Waals surface area (Å²) in [7, 11) is 0. The summed E-state index contributed by atoms with van der Waals surface area (Å²) in [6.07, 6.45) is -0.930. The van der Waals surface area contributed by atoms with Gasteiger partial charge in [0.25, 0.3) is 0 Å². The van der Waals surface area contributed by atoms with Gasteiger partial charge < -0.3 is 27.4 Å². The molecule has 0 spiro atoms. The highest BCUT2D eigenvalue weighted by molar-refractivity contribution is 5.88. The number of nitrogens with zero attached hydrogens (tertiary/aromatic N) is 3. The summed E-state index contributed by atoms with van der Waals surface area (Å²) in [4.78, 5) is 22.0. The number of hydrogen-bond donors (Lipinski definition) is 5. The van der Waals surface area contributed by atoms with Gasteiger partial charge in [-0.05, 0) is 25.1 Å². The number of nitrogens with one attached hydrogen (secondary N) is 3. The van der Waals surface area contributed by atoms with Crippen molar-refractivity contribution < 1.29 is 9.18 Å². The Hall–Kier alpha value is -3.01. The van der Waals surface area contributed by atoms with Crippen molar-refractivity contribution >= 4 is 29.3 Å². The van der Waals surface area contributed by atoms with Crippen LogP contribution in [0, 0.1) is 6.08 Å². The first-order chi connectivity index (χ1) is 10.9. The summed E-state index contributed by atoms with van der Waals surface area (Å²) in [5.74, 6) is 0.0876. The molecule has 0 aliphatic carbocycles. The van der Waals surface area contributed by atoms with Crippen LogP contribution in [0.3, 0.4) is 0 Å². The average molecular weight is 320 g/mol. The minimum absolute atomic E-state index is 0.0147. The Morgan fingerprint density at radius 1 is 1.26 bits per heavy atom. The summed E-state index contributed by atoms with van der Waals surface area (Å²) in [6.45, 7) is 2.18. The molecule has 2 amide bonds. The number of nitrogens with two attached hydrogens (primary N) is 2. The zero-order valence-electron chi connectivity index (χ0n) is 12.4. The van der Waals surface area contributed by atoms with Crippen LogP contribution in [0.1, 0.15) is 6.92 Å². The molecule has 10 heteroatoms. The molecule has 1 unspecified atom stereocenters. The maximum Gasteiger partial charge on any atom is 0.316 e. The van der Waals surface area contributed by atoms with E-state index in [-0.39, 0.29) is 17.9 Å². The number of primary amides is 1. The van der Waals surface area contributed by atoms with Gasteiger partial charge >= 0.3 is 12.1 Å². The number of carbonyl (C=O) groups is 1. The highest BCUT2D eigenvalue weighted by atomic mass is 19.1. The zero-order chi connectivity index (χ0) is 16.8. The Kier molecular flexibility index (Phi) is 5.20. The Balaban J connectivity index is 2.14. The fraction of sp³-hybridized carbons (Fsp3) is 0.231. The highest BCUT2D eigenvalue weighted by Gasteiger charge is 2.07. The molecule has 2 rings (SSSR count). The van der Waals surface area contributed by atoms with Crippen molar-refractivity contribution in [3.05, 3.63) is 30.3 Å². The second-order valence-electron chi connectivity index (χ2n) is 4.80. The third kappa shape index (κ3) is 5.36. The molecule has 0 fully saturated rings. The van der Waals surface area contributed by atoms with Crippen LogP contribution in [0.5, 0.6) is 0 Å². The monoisotopic (exact) mass is 320 g/mol. The summed E-state index contributed by atoms with van der Waals surface area (Å²) in [5.41, 5.74) is 11.7. The van der Waals surface area contributed by atoms with Gasteiger partial charge in [-0.15, -0.1) is 0 Å². The number of hydrogen-bond acceptors (Lipinski definition) is 7. The summed E-state index contributed by atoms with van der Waals surface area (Å²) in [6, 6.07) is 5.81. The maximum absolute atomic E-state index is 13.5. The zero-order valence-corrected chi connectivity index (χ0v) is 12.4. The van der Waals surface area contributed by atoms with Crippen LogP contribution in [0.4, 0.5) is 32.5 Å². The van der Waals surface area contributed by atoms with E-state index in [0.29, 0.717) is 17.9 Å². The molecule has 1 aromatic carbocycles. The molecule has 1 aromatic heterocycles. The van der Waals surface area contributed by atoms with E-state index >= 15 is 0 Å². The first kappa shape index (κ1) is 16.4. The van der Waals surface area contributed by atoms with Crippen LogP contribution >= 0.6 is 0 Å². The molecule has 2 aromatic rings. The van der Waals surface area contributed by atoms with E-state index in [2.05, 4.69) is 30.9 Å². The largest absolute Gasteiger partial charge is 0.352 e. The van der Waals surface area contributed by atoms with Gasteiger partial charge in [-0.2, -0.15) is 19.3 Å². The number of carbonyl (C=O) groups excluding carboxylic acids is 1. The van der Waals surface area contributed by atoms with Crippen molar-refractivity contribution in [1.29, 1.82) is 0 Å². The average Bonchev–Trinajstić information content (AvgIpc) is 2.44. The lowest BCUT2D eigenvalue weighted by molar-refractivity contribution is 0.259. The van der Waals surface area contributed by atoms with E-state index in [4.69, 9.17) is 11.5 Å². The molecule has 0 aliphatic rings. The van der Waals surface area contributed by atoms with Crippen LogP contribution in [-0.4, -0.2) is 33.6 Å². The topological polar surface area (TPSA) is 144 Å². The number of anilines is 4. The SMILES string of the molecule is CC(N)CNc1nc(F)nc(Nc2cccc(NC(N)=O)c2)n1. The molecule has 0 saturated carbocycles. The van der Waals surface area contributed by atoms with Crippen LogP contribution in [0.2, 0.25) is 0 Å². The van der Waals surface area contributed by atoms with Gasteiger partial charge in [0.15, 0.2) is 0 Å². The lowest BCUT2D eigenvalue weighted by atomic mass is 10.3. The minimum atomic E-state index is -0.930. The highest BCUT2D eigenvalue weighted by Crippen LogP contribution is 2.18. The quantitative estimate of drug-likeness (QED) is 0.534. The molecule has 0 saturated heterocycles. The number of amides is 2. The van der Waals surface area contributed by atoms with Crippen LogP contribution < -0.4 is 27.4 Å². The summed E-state index contributed by atoms with van der Waals surface area (Å²) < 4.78 is 13.5. The van der Waals surface area contributed by atoms with Crippen molar-refractivity contribution in [2.24, 2.45) is 11.5 Å². The molecule has 122 valence electrons. The first-order valence-electron chi connectivity index (χ1n) is 6.77. The predicted molar refractivity (Wildman–Crippen MR) is 84.9 cm³/mol. The second kappa shape index (κ2) is 7.31. The minimum Gasteiger partial charge on any atom is -0.352 e. The molecule has 1 atom stereocenters. The molecule has 0 radical (unpaired) electrons. The fourth-order valence-corrected chi connectivity index (χ4v) is 1.68. The van der Waals surface area contributed by atoms with E-state index in [9.17, 15) is 9.18 Å². The van der Waals surface area contributed by atoms with Gasteiger partial charge in [0, 0.05) is 24.0 Å². The molecule has 0 aliphatic heterocycles. The molecular weight excluding hydrogens is 303 g/mol. The first-order valence-corrected chi connectivity index (χ1v) is 6.77. The molecular formula is C13H17FN8O. The van der Waals surface area contributed by atoms with Crippen molar-refractivity contribution in [3.63, 3.8) is 0 Å². The Bertz CT molecular complexity index is 693. The Labute approximate surface area is 131 Å². The molecule has 0 bridgehead atoms. The number of urea groups is 1. The second-order valence-corrected chi connectivity index (χ2v) is 4.80. The van der Waals surface area contributed by atoms with Crippen LogP contribution in [0.15, 0.2) is 24.3 Å². The van der Waals surface area contributed by atoms with Gasteiger partial charge in [-0.3, -0.25) is 0 Å². The molecule has 9 nitrogen and oxygen atoms in total. The lowest BCUT2D eigenvalue weighted by Gasteiger charge is -2.10. The van der Waals surface area contributed by atoms with Gasteiger partial charge in [-0.25, -0.2) is 4.79 Å². The van der Waals surface area contributed by atoms with Gasteiger partial charge in [0.1, 0.15) is 0 Å². The van der Waals surface area contributed by atoms with Crippen molar-refractivity contribution in [2.75, 3.05) is 22.5 Å². The van der Waals surface area contributed by atoms with Gasteiger partial charge in [-0.1, -0.05) is 6.07 Å². The predicted octanol–water partition coefficient (Wildman–Crippen LogP) is 1.00. The standard InChI is InChI=1S/C13H17FN8O/c1-7(15)6-17-12-20-10(14)21-13(22-12)19-9-4-2-3-8(5-9)18-11(16)23/h2-5,7H,6,15H2,1H3,(H3,16,18,23)(H2,17,19,20,21,22). The van der Waals surface area contributed by atoms with Crippen molar-refractivity contribution in [3.8, 4) is 0 Å². The van der Waals surface area contributed by atoms with Gasteiger partial charge in [0.05, 0.1) is 0 Å². The third-order valence-corrected chi connectivity index (χ3v) is 2.58. The Morgan fingerprint density at radius 3 is 2.65 bits per heavy atom. The fourth-order valence-electron chi connectivity index (χ4n) is 1.68. The third-order valence-electron chi connectivity index (χ3n) is 2.58. The van der Waals surface area contributed by atoms with E-state index in [0.717, 1.165) is 0 Å². The number of aromatic nitrogens is 3. The van der Waals surface area contributed by atoms with Crippen molar-refractivity contribution in [2.45, 2.75) is 13.0 Å². The number of rotatable bonds is 6. The van der Waals surface area contributed by atoms with Crippen LogP contribution in [0.25, 0.3) is 0 Å². The van der Waals surface area contributed by atoms with Gasteiger partial charge in [0.2, 0.25) is 11.9 Å². The van der Waals surface area contributed by atoms with E-state index in [1.54, 1.807) is 31.2 Å². The molecule has 1 heterocycles. The number of halogens is 1. The lowest BCUT2D eigenvalue weighted by Crippen LogP contribution is -2.26. The van der Waals surface area contributed by atoms with Crippen LogP contribution in [-0.2, 0) is 0 Å². The van der Waals surface area contributed by atoms with E-state index < -0.39 is 12.1 Å². The van der Waals surface area contributed by atoms with E-state index in [1.165, 1.54) is 0 Å². The maximum atomic E-state index is 13.5. The molecule has 7 N–H and O–H groups in total.